The van der Waals surface area contributed by atoms with Crippen molar-refractivity contribution in [1.29, 1.82) is 0 Å². The van der Waals surface area contributed by atoms with Gasteiger partial charge >= 0.3 is 0 Å². The minimum atomic E-state index is -3.06. The molecule has 0 saturated carbocycles. The molecule has 1 heterocycles. The van der Waals surface area contributed by atoms with Crippen LogP contribution in [0.1, 0.15) is 22.8 Å². The summed E-state index contributed by atoms with van der Waals surface area (Å²) in [7, 11) is -3.06. The van der Waals surface area contributed by atoms with Crippen LogP contribution in [0.5, 0.6) is 0 Å². The lowest BCUT2D eigenvalue weighted by Crippen LogP contribution is -2.48. The minimum Gasteiger partial charge on any atom is -0.336 e. The Bertz CT molecular complexity index is 874. The molecule has 1 aliphatic rings. The molecule has 1 atom stereocenters. The number of nitrogens with zero attached hydrogens (tertiary/aromatic N) is 1. The second-order valence-electron chi connectivity index (χ2n) is 6.38. The van der Waals surface area contributed by atoms with Gasteiger partial charge in [-0.2, -0.15) is 0 Å². The largest absolute Gasteiger partial charge is 0.336 e. The number of aryl methyl sites for hydroxylation is 1. The van der Waals surface area contributed by atoms with Crippen molar-refractivity contribution >= 4 is 15.7 Å². The second-order valence-corrected chi connectivity index (χ2v) is 8.92. The van der Waals surface area contributed by atoms with Gasteiger partial charge in [0.25, 0.3) is 5.91 Å². The van der Waals surface area contributed by atoms with Crippen molar-refractivity contribution in [2.24, 2.45) is 0 Å². The number of sulfone groups is 1. The van der Waals surface area contributed by atoms with Crippen LogP contribution < -0.4 is 0 Å². The van der Waals surface area contributed by atoms with E-state index in [1.165, 1.54) is 5.56 Å². The van der Waals surface area contributed by atoms with Crippen molar-refractivity contribution < 1.29 is 13.2 Å². The molecule has 1 saturated heterocycles. The molecule has 24 heavy (non-hydrogen) atoms. The van der Waals surface area contributed by atoms with Gasteiger partial charge in [0.15, 0.2) is 9.84 Å². The molecule has 1 fully saturated rings. The summed E-state index contributed by atoms with van der Waals surface area (Å²) < 4.78 is 23.6. The van der Waals surface area contributed by atoms with Crippen LogP contribution in [0.15, 0.2) is 48.5 Å². The van der Waals surface area contributed by atoms with Crippen molar-refractivity contribution in [3.05, 3.63) is 59.7 Å². The molecule has 0 aromatic heterocycles. The predicted molar refractivity (Wildman–Crippen MR) is 95.8 cm³/mol. The van der Waals surface area contributed by atoms with Gasteiger partial charge in [0.05, 0.1) is 11.0 Å². The van der Waals surface area contributed by atoms with Crippen LogP contribution in [0.25, 0.3) is 11.1 Å². The van der Waals surface area contributed by atoms with E-state index < -0.39 is 15.1 Å². The monoisotopic (exact) mass is 343 g/mol. The van der Waals surface area contributed by atoms with Gasteiger partial charge in [-0.25, -0.2) is 8.42 Å². The number of hydrogen-bond acceptors (Lipinski definition) is 3. The van der Waals surface area contributed by atoms with Crippen LogP contribution in [0.2, 0.25) is 0 Å². The maximum absolute atomic E-state index is 12.7. The molecule has 0 bridgehead atoms. The molecule has 0 aliphatic carbocycles. The SMILES string of the molecule is Cc1cccc(-c2cccc(C(=O)N3CCS(=O)(=O)[C@H](C)C3)c2)c1. The molecule has 1 aliphatic heterocycles. The van der Waals surface area contributed by atoms with Crippen LogP contribution in [-0.4, -0.2) is 43.3 Å². The van der Waals surface area contributed by atoms with E-state index in [2.05, 4.69) is 6.07 Å². The summed E-state index contributed by atoms with van der Waals surface area (Å²) in [5.41, 5.74) is 3.82. The van der Waals surface area contributed by atoms with Gasteiger partial charge < -0.3 is 4.90 Å². The Hall–Kier alpha value is -2.14. The lowest BCUT2D eigenvalue weighted by molar-refractivity contribution is 0.0760. The first kappa shape index (κ1) is 16.7. The Morgan fingerprint density at radius 3 is 2.42 bits per heavy atom. The van der Waals surface area contributed by atoms with E-state index in [1.807, 2.05) is 43.3 Å². The zero-order chi connectivity index (χ0) is 17.3. The first-order chi connectivity index (χ1) is 11.4. The second kappa shape index (κ2) is 6.40. The van der Waals surface area contributed by atoms with Crippen LogP contribution in [-0.2, 0) is 9.84 Å². The van der Waals surface area contributed by atoms with Gasteiger partial charge in [0.1, 0.15) is 0 Å². The maximum atomic E-state index is 12.7. The summed E-state index contributed by atoms with van der Waals surface area (Å²) in [5.74, 6) is -0.0662. The number of benzene rings is 2. The summed E-state index contributed by atoms with van der Waals surface area (Å²) >= 11 is 0. The van der Waals surface area contributed by atoms with E-state index in [1.54, 1.807) is 17.9 Å². The molecule has 1 amide bonds. The molecule has 0 radical (unpaired) electrons. The minimum absolute atomic E-state index is 0.0392. The van der Waals surface area contributed by atoms with E-state index in [0.717, 1.165) is 11.1 Å². The molecule has 5 heteroatoms. The zero-order valence-corrected chi connectivity index (χ0v) is 14.7. The number of carbonyl (C=O) groups excluding carboxylic acids is 1. The molecule has 2 aromatic carbocycles. The standard InChI is InChI=1S/C19H21NO3S/c1-14-5-3-6-16(11-14)17-7-4-8-18(12-17)19(21)20-9-10-24(22,23)15(2)13-20/h3-8,11-12,15H,9-10,13H2,1-2H3/t15-/m1/s1. The maximum Gasteiger partial charge on any atom is 0.253 e. The Kier molecular flexibility index (Phi) is 4.45. The highest BCUT2D eigenvalue weighted by Crippen LogP contribution is 2.23. The van der Waals surface area contributed by atoms with Crippen molar-refractivity contribution in [3.8, 4) is 11.1 Å². The molecule has 0 N–H and O–H groups in total. The fourth-order valence-electron chi connectivity index (χ4n) is 2.98. The fraction of sp³-hybridized carbons (Fsp3) is 0.316. The molecule has 2 aromatic rings. The highest BCUT2D eigenvalue weighted by Gasteiger charge is 2.32. The zero-order valence-electron chi connectivity index (χ0n) is 13.9. The summed E-state index contributed by atoms with van der Waals surface area (Å²) in [5, 5.41) is -0.504. The Morgan fingerprint density at radius 1 is 1.08 bits per heavy atom. The van der Waals surface area contributed by atoms with Gasteiger partial charge in [0.2, 0.25) is 0 Å². The molecule has 3 rings (SSSR count). The predicted octanol–water partition coefficient (Wildman–Crippen LogP) is 2.92. The molecule has 0 spiro atoms. The summed E-state index contributed by atoms with van der Waals surface area (Å²) in [4.78, 5) is 14.4. The van der Waals surface area contributed by atoms with Crippen molar-refractivity contribution in [2.45, 2.75) is 19.1 Å². The van der Waals surface area contributed by atoms with Gasteiger partial charge in [-0.1, -0.05) is 42.0 Å². The fourth-order valence-corrected chi connectivity index (χ4v) is 4.26. The van der Waals surface area contributed by atoms with E-state index in [0.29, 0.717) is 5.56 Å². The average Bonchev–Trinajstić information content (AvgIpc) is 2.57. The van der Waals surface area contributed by atoms with Crippen LogP contribution >= 0.6 is 0 Å². The Balaban J connectivity index is 1.85. The lowest BCUT2D eigenvalue weighted by atomic mass is 10.0. The van der Waals surface area contributed by atoms with Gasteiger partial charge in [0, 0.05) is 18.7 Å². The first-order valence-electron chi connectivity index (χ1n) is 8.05. The smallest absolute Gasteiger partial charge is 0.253 e. The highest BCUT2D eigenvalue weighted by molar-refractivity contribution is 7.92. The van der Waals surface area contributed by atoms with E-state index >= 15 is 0 Å². The van der Waals surface area contributed by atoms with E-state index in [-0.39, 0.29) is 24.7 Å². The van der Waals surface area contributed by atoms with Crippen LogP contribution in [0.3, 0.4) is 0 Å². The van der Waals surface area contributed by atoms with Gasteiger partial charge in [-0.3, -0.25) is 4.79 Å². The quantitative estimate of drug-likeness (QED) is 0.842. The van der Waals surface area contributed by atoms with Crippen LogP contribution in [0.4, 0.5) is 0 Å². The first-order valence-corrected chi connectivity index (χ1v) is 9.76. The molecule has 0 unspecified atom stereocenters. The summed E-state index contributed by atoms with van der Waals surface area (Å²) in [6.45, 7) is 4.22. The van der Waals surface area contributed by atoms with E-state index in [9.17, 15) is 13.2 Å². The van der Waals surface area contributed by atoms with Crippen molar-refractivity contribution in [2.75, 3.05) is 18.8 Å². The number of carbonyl (C=O) groups is 1. The Labute approximate surface area is 143 Å². The Morgan fingerprint density at radius 2 is 1.75 bits per heavy atom. The third-order valence-corrected chi connectivity index (χ3v) is 6.61. The van der Waals surface area contributed by atoms with Crippen molar-refractivity contribution in [3.63, 3.8) is 0 Å². The average molecular weight is 343 g/mol. The number of amides is 1. The third kappa shape index (κ3) is 3.36. The van der Waals surface area contributed by atoms with Crippen molar-refractivity contribution in [1.82, 2.24) is 4.90 Å². The third-order valence-electron chi connectivity index (χ3n) is 4.48. The summed E-state index contributed by atoms with van der Waals surface area (Å²) in [6.07, 6.45) is 0. The topological polar surface area (TPSA) is 54.5 Å². The van der Waals surface area contributed by atoms with Gasteiger partial charge in [-0.05, 0) is 37.1 Å². The normalized spacial score (nSPS) is 19.9. The number of hydrogen-bond donors (Lipinski definition) is 0. The van der Waals surface area contributed by atoms with E-state index in [4.69, 9.17) is 0 Å². The molecular weight excluding hydrogens is 322 g/mol. The molecule has 4 nitrogen and oxygen atoms in total. The van der Waals surface area contributed by atoms with Crippen LogP contribution in [0, 0.1) is 6.92 Å². The number of rotatable bonds is 2. The highest BCUT2D eigenvalue weighted by atomic mass is 32.2. The molecular formula is C19H21NO3S. The summed E-state index contributed by atoms with van der Waals surface area (Å²) in [6, 6.07) is 15.7. The lowest BCUT2D eigenvalue weighted by Gasteiger charge is -2.31. The molecule has 126 valence electrons. The van der Waals surface area contributed by atoms with Gasteiger partial charge in [-0.15, -0.1) is 0 Å².